The van der Waals surface area contributed by atoms with Crippen LogP contribution in [0, 0.1) is 5.92 Å². The van der Waals surface area contributed by atoms with E-state index in [1.54, 1.807) is 41.3 Å². The van der Waals surface area contributed by atoms with E-state index in [2.05, 4.69) is 20.8 Å². The van der Waals surface area contributed by atoms with Crippen molar-refractivity contribution in [3.8, 4) is 11.5 Å². The van der Waals surface area contributed by atoms with Gasteiger partial charge in [0.2, 0.25) is 22.7 Å². The number of nitrogens with one attached hydrogen (secondary N) is 2. The van der Waals surface area contributed by atoms with Crippen LogP contribution in [0.1, 0.15) is 38.9 Å². The molecule has 2 N–H and O–H groups in total. The summed E-state index contributed by atoms with van der Waals surface area (Å²) in [7, 11) is 0. The Morgan fingerprint density at radius 1 is 1.00 bits per heavy atom. The summed E-state index contributed by atoms with van der Waals surface area (Å²) in [5, 5.41) is 14.1. The van der Waals surface area contributed by atoms with Crippen LogP contribution in [0.5, 0.6) is 11.5 Å². The van der Waals surface area contributed by atoms with Crippen molar-refractivity contribution in [2.24, 2.45) is 5.92 Å². The van der Waals surface area contributed by atoms with E-state index in [1.807, 2.05) is 6.07 Å². The lowest BCUT2D eigenvalue weighted by Gasteiger charge is -2.31. The summed E-state index contributed by atoms with van der Waals surface area (Å²) >= 11 is 7.05. The second kappa shape index (κ2) is 10.5. The molecule has 3 amide bonds. The first-order valence-corrected chi connectivity index (χ1v) is 12.5. The minimum Gasteiger partial charge on any atom is -0.454 e. The number of ether oxygens (including phenoxy) is 2. The molecule has 0 unspecified atom stereocenters. The Kier molecular flexibility index (Phi) is 7.01. The first-order chi connectivity index (χ1) is 17.5. The number of piperidine rings is 1. The number of carbonyl (C=O) groups excluding carboxylic acids is 3. The molecule has 1 fully saturated rings. The first kappa shape index (κ1) is 24.0. The number of amides is 3. The van der Waals surface area contributed by atoms with Crippen molar-refractivity contribution in [1.82, 2.24) is 15.1 Å². The average Bonchev–Trinajstić information content (AvgIpc) is 3.55. The smallest absolute Gasteiger partial charge is 0.286 e. The average molecular weight is 528 g/mol. The maximum absolute atomic E-state index is 12.9. The summed E-state index contributed by atoms with van der Waals surface area (Å²) in [6, 6.07) is 12.2. The van der Waals surface area contributed by atoms with Gasteiger partial charge in [0.25, 0.3) is 11.8 Å². The third kappa shape index (κ3) is 5.42. The molecular formula is C24H22ClN5O5S. The van der Waals surface area contributed by atoms with Crippen LogP contribution < -0.4 is 20.1 Å². The third-order valence-electron chi connectivity index (χ3n) is 5.96. The van der Waals surface area contributed by atoms with Crippen molar-refractivity contribution >= 4 is 52.0 Å². The molecule has 0 aliphatic carbocycles. The van der Waals surface area contributed by atoms with Gasteiger partial charge in [-0.1, -0.05) is 35.1 Å². The zero-order valence-electron chi connectivity index (χ0n) is 19.0. The molecule has 2 aliphatic rings. The number of likely N-dealkylation sites (tertiary alicyclic amines) is 1. The molecule has 1 saturated heterocycles. The Bertz CT molecular complexity index is 1310. The van der Waals surface area contributed by atoms with Gasteiger partial charge < -0.3 is 25.0 Å². The number of aromatic nitrogens is 2. The molecule has 2 aliphatic heterocycles. The van der Waals surface area contributed by atoms with Crippen LogP contribution in [0.4, 0.5) is 11.4 Å². The lowest BCUT2D eigenvalue weighted by molar-refractivity contribution is -0.117. The van der Waals surface area contributed by atoms with Gasteiger partial charge in [-0.05, 0) is 43.0 Å². The van der Waals surface area contributed by atoms with E-state index < -0.39 is 5.91 Å². The number of anilines is 2. The van der Waals surface area contributed by atoms with Crippen molar-refractivity contribution < 1.29 is 23.9 Å². The molecule has 186 valence electrons. The van der Waals surface area contributed by atoms with Crippen LogP contribution >= 0.6 is 22.9 Å². The Balaban J connectivity index is 1.11. The molecule has 0 spiro atoms. The van der Waals surface area contributed by atoms with Crippen molar-refractivity contribution in [3.05, 3.63) is 57.5 Å². The third-order valence-corrected chi connectivity index (χ3v) is 7.20. The number of fused-ring (bicyclic) bond motifs is 1. The van der Waals surface area contributed by atoms with Gasteiger partial charge in [-0.2, -0.15) is 0 Å². The summed E-state index contributed by atoms with van der Waals surface area (Å²) < 4.78 is 10.6. The highest BCUT2D eigenvalue weighted by Gasteiger charge is 2.28. The van der Waals surface area contributed by atoms with E-state index in [0.29, 0.717) is 60.2 Å². The number of para-hydroxylation sites is 1. The summed E-state index contributed by atoms with van der Waals surface area (Å²) in [4.78, 5) is 39.6. The van der Waals surface area contributed by atoms with E-state index >= 15 is 0 Å². The normalized spacial score (nSPS) is 15.0. The van der Waals surface area contributed by atoms with Gasteiger partial charge in [-0.25, -0.2) is 0 Å². The first-order valence-electron chi connectivity index (χ1n) is 11.3. The topological polar surface area (TPSA) is 123 Å². The fraction of sp³-hybridized carbons (Fsp3) is 0.292. The van der Waals surface area contributed by atoms with Gasteiger partial charge in [0.15, 0.2) is 11.5 Å². The Labute approximate surface area is 215 Å². The Morgan fingerprint density at radius 2 is 1.75 bits per heavy atom. The van der Waals surface area contributed by atoms with E-state index in [4.69, 9.17) is 21.1 Å². The van der Waals surface area contributed by atoms with Crippen molar-refractivity contribution in [2.75, 3.05) is 30.5 Å². The van der Waals surface area contributed by atoms with Crippen LogP contribution in [0.3, 0.4) is 0 Å². The predicted molar refractivity (Wildman–Crippen MR) is 134 cm³/mol. The van der Waals surface area contributed by atoms with Crippen molar-refractivity contribution in [2.45, 2.75) is 19.3 Å². The van der Waals surface area contributed by atoms with Crippen molar-refractivity contribution in [1.29, 1.82) is 0 Å². The molecule has 0 radical (unpaired) electrons. The molecule has 1 aromatic heterocycles. The Hall–Kier alpha value is -3.70. The molecule has 0 saturated carbocycles. The van der Waals surface area contributed by atoms with Crippen molar-refractivity contribution in [3.63, 3.8) is 0 Å². The largest absolute Gasteiger partial charge is 0.454 e. The summed E-state index contributed by atoms with van der Waals surface area (Å²) in [6.07, 6.45) is 1.74. The summed E-state index contributed by atoms with van der Waals surface area (Å²) in [5.41, 5.74) is 1.11. The lowest BCUT2D eigenvalue weighted by Crippen LogP contribution is -2.39. The SMILES string of the molecule is O=C(CC1CCN(C(=O)c2nnc(C(=O)Nc3ccc4c(c3)OCO4)s2)CC1)Nc1ccccc1Cl. The minimum absolute atomic E-state index is 0.0853. The van der Waals surface area contributed by atoms with Gasteiger partial charge in [-0.15, -0.1) is 10.2 Å². The number of nitrogens with zero attached hydrogens (tertiary/aromatic N) is 3. The predicted octanol–water partition coefficient (Wildman–Crippen LogP) is 4.05. The zero-order valence-corrected chi connectivity index (χ0v) is 20.6. The molecule has 5 rings (SSSR count). The lowest BCUT2D eigenvalue weighted by atomic mass is 9.93. The molecule has 0 atom stereocenters. The summed E-state index contributed by atoms with van der Waals surface area (Å²) in [6.45, 7) is 1.14. The number of hydrogen-bond donors (Lipinski definition) is 2. The zero-order chi connectivity index (χ0) is 25.1. The number of hydrogen-bond acceptors (Lipinski definition) is 8. The van der Waals surface area contributed by atoms with E-state index in [9.17, 15) is 14.4 Å². The van der Waals surface area contributed by atoms with E-state index in [1.165, 1.54) is 0 Å². The molecule has 3 aromatic rings. The fourth-order valence-electron chi connectivity index (χ4n) is 4.06. The maximum Gasteiger partial charge on any atom is 0.286 e. The van der Waals surface area contributed by atoms with E-state index in [0.717, 1.165) is 11.3 Å². The Morgan fingerprint density at radius 3 is 2.56 bits per heavy atom. The minimum atomic E-state index is -0.464. The van der Waals surface area contributed by atoms with Crippen LogP contribution in [-0.4, -0.2) is 52.7 Å². The highest BCUT2D eigenvalue weighted by Crippen LogP contribution is 2.34. The van der Waals surface area contributed by atoms with Gasteiger partial charge in [0, 0.05) is 31.3 Å². The van der Waals surface area contributed by atoms with Crippen LogP contribution in [0.2, 0.25) is 5.02 Å². The van der Waals surface area contributed by atoms with Crippen LogP contribution in [0.25, 0.3) is 0 Å². The molecule has 10 nitrogen and oxygen atoms in total. The summed E-state index contributed by atoms with van der Waals surface area (Å²) in [5.74, 6) is 0.485. The number of halogens is 1. The van der Waals surface area contributed by atoms with Gasteiger partial charge in [0.05, 0.1) is 10.7 Å². The molecular weight excluding hydrogens is 506 g/mol. The fourth-order valence-corrected chi connectivity index (χ4v) is 4.95. The second-order valence-corrected chi connectivity index (χ2v) is 9.79. The standard InChI is InChI=1S/C24H22ClN5O5S/c25-16-3-1-2-4-17(16)27-20(31)11-14-7-9-30(10-8-14)24(33)23-29-28-22(36-23)21(32)26-15-5-6-18-19(12-15)35-13-34-18/h1-6,12,14H,7-11,13H2,(H,26,32)(H,27,31). The van der Waals surface area contributed by atoms with Gasteiger partial charge in [-0.3, -0.25) is 14.4 Å². The number of carbonyl (C=O) groups is 3. The van der Waals surface area contributed by atoms with Gasteiger partial charge in [0.1, 0.15) is 0 Å². The second-order valence-electron chi connectivity index (χ2n) is 8.40. The van der Waals surface area contributed by atoms with E-state index in [-0.39, 0.29) is 34.5 Å². The maximum atomic E-state index is 12.9. The van der Waals surface area contributed by atoms with Crippen LogP contribution in [-0.2, 0) is 4.79 Å². The molecule has 2 aromatic carbocycles. The monoisotopic (exact) mass is 527 g/mol. The number of rotatable bonds is 6. The highest BCUT2D eigenvalue weighted by molar-refractivity contribution is 7.15. The molecule has 0 bridgehead atoms. The number of benzene rings is 2. The highest BCUT2D eigenvalue weighted by atomic mass is 35.5. The molecule has 3 heterocycles. The quantitative estimate of drug-likeness (QED) is 0.495. The van der Waals surface area contributed by atoms with Gasteiger partial charge >= 0.3 is 0 Å². The molecule has 12 heteroatoms. The molecule has 36 heavy (non-hydrogen) atoms. The van der Waals surface area contributed by atoms with Crippen LogP contribution in [0.15, 0.2) is 42.5 Å².